The maximum atomic E-state index is 9.54. The van der Waals surface area contributed by atoms with Crippen LogP contribution in [0.5, 0.6) is 0 Å². The van der Waals surface area contributed by atoms with Crippen LogP contribution in [-0.4, -0.2) is 16.5 Å². The third-order valence-electron chi connectivity index (χ3n) is 5.24. The molecule has 1 aromatic rings. The van der Waals surface area contributed by atoms with Gasteiger partial charge in [-0.25, -0.2) is 5.84 Å². The first kappa shape index (κ1) is 20.7. The predicted molar refractivity (Wildman–Crippen MR) is 112 cm³/mol. The number of hydrogen-bond acceptors (Lipinski definition) is 4. The second-order valence-corrected chi connectivity index (χ2v) is 6.96. The van der Waals surface area contributed by atoms with Crippen LogP contribution < -0.4 is 5.84 Å². The second-order valence-electron chi connectivity index (χ2n) is 6.96. The van der Waals surface area contributed by atoms with E-state index in [9.17, 15) is 5.26 Å². The van der Waals surface area contributed by atoms with E-state index < -0.39 is 0 Å². The van der Waals surface area contributed by atoms with E-state index in [0.717, 1.165) is 53.2 Å². The van der Waals surface area contributed by atoms with Gasteiger partial charge < -0.3 is 5.01 Å². The molecule has 0 radical (unpaired) electrons. The largest absolute Gasteiger partial charge is 0.316 e. The molecule has 0 aromatic carbocycles. The molecule has 1 aromatic heterocycles. The number of hydrazine groups is 1. The van der Waals surface area contributed by atoms with E-state index in [2.05, 4.69) is 37.8 Å². The fourth-order valence-electron chi connectivity index (χ4n) is 3.52. The molecule has 1 aliphatic carbocycles. The van der Waals surface area contributed by atoms with Crippen molar-refractivity contribution < 1.29 is 0 Å². The van der Waals surface area contributed by atoms with Crippen molar-refractivity contribution >= 4 is 5.57 Å². The Kier molecular flexibility index (Phi) is 7.15. The van der Waals surface area contributed by atoms with Gasteiger partial charge in [0, 0.05) is 35.0 Å². The SMILES string of the molecule is C=CC(C/C(=C/C)N(N)CC)c1ccc(C2=C(C#N)C(C)CC=C2)nc1C. The fraction of sp³-hybridized carbons (Fsp3) is 0.391. The monoisotopic (exact) mass is 362 g/mol. The molecular formula is C23H30N4. The highest BCUT2D eigenvalue weighted by atomic mass is 15.4. The zero-order chi connectivity index (χ0) is 20.0. The van der Waals surface area contributed by atoms with Crippen molar-refractivity contribution in [2.45, 2.75) is 46.5 Å². The standard InChI is InChI=1S/C23H30N4/c1-6-18(14-19(7-2)27(25)8-3)20-12-13-23(26-17(20)5)21-11-9-10-16(4)22(21)15-24/h6-7,9,11-13,16,18H,1,8,10,14,25H2,2-5H3/b19-7-. The molecule has 0 spiro atoms. The Morgan fingerprint density at radius 3 is 2.81 bits per heavy atom. The maximum absolute atomic E-state index is 9.54. The van der Waals surface area contributed by atoms with E-state index >= 15 is 0 Å². The third kappa shape index (κ3) is 4.56. The first-order valence-corrected chi connectivity index (χ1v) is 9.55. The van der Waals surface area contributed by atoms with Crippen molar-refractivity contribution in [1.82, 2.24) is 9.99 Å². The van der Waals surface area contributed by atoms with Crippen LogP contribution in [0.25, 0.3) is 5.57 Å². The molecular weight excluding hydrogens is 332 g/mol. The van der Waals surface area contributed by atoms with Gasteiger partial charge in [0.2, 0.25) is 0 Å². The molecule has 27 heavy (non-hydrogen) atoms. The number of aryl methyl sites for hydroxylation is 1. The normalized spacial score (nSPS) is 18.2. The van der Waals surface area contributed by atoms with E-state index in [0.29, 0.717) is 0 Å². The molecule has 2 N–H and O–H groups in total. The summed E-state index contributed by atoms with van der Waals surface area (Å²) in [6.07, 6.45) is 9.85. The summed E-state index contributed by atoms with van der Waals surface area (Å²) in [5, 5.41) is 11.3. The quantitative estimate of drug-likeness (QED) is 0.420. The van der Waals surface area contributed by atoms with Crippen LogP contribution in [-0.2, 0) is 0 Å². The van der Waals surface area contributed by atoms with Crippen LogP contribution in [0, 0.1) is 24.2 Å². The van der Waals surface area contributed by atoms with E-state index in [1.807, 2.05) is 39.0 Å². The molecule has 0 saturated carbocycles. The van der Waals surface area contributed by atoms with E-state index in [4.69, 9.17) is 10.8 Å². The minimum Gasteiger partial charge on any atom is -0.316 e. The van der Waals surface area contributed by atoms with Gasteiger partial charge in [0.25, 0.3) is 0 Å². The zero-order valence-electron chi connectivity index (χ0n) is 16.9. The molecule has 2 rings (SSSR count). The highest BCUT2D eigenvalue weighted by molar-refractivity contribution is 5.78. The summed E-state index contributed by atoms with van der Waals surface area (Å²) in [6.45, 7) is 12.9. The summed E-state index contributed by atoms with van der Waals surface area (Å²) in [6, 6.07) is 6.50. The van der Waals surface area contributed by atoms with Crippen LogP contribution in [0.3, 0.4) is 0 Å². The number of hydrogen-bond donors (Lipinski definition) is 1. The van der Waals surface area contributed by atoms with Gasteiger partial charge in [-0.15, -0.1) is 6.58 Å². The van der Waals surface area contributed by atoms with Crippen LogP contribution in [0.2, 0.25) is 0 Å². The molecule has 2 unspecified atom stereocenters. The van der Waals surface area contributed by atoms with Crippen molar-refractivity contribution in [1.29, 1.82) is 5.26 Å². The highest BCUT2D eigenvalue weighted by Crippen LogP contribution is 2.33. The third-order valence-corrected chi connectivity index (χ3v) is 5.24. The number of aromatic nitrogens is 1. The van der Waals surface area contributed by atoms with Gasteiger partial charge in [0.05, 0.1) is 11.8 Å². The maximum Gasteiger partial charge on any atom is 0.0957 e. The topological polar surface area (TPSA) is 65.9 Å². The molecule has 0 bridgehead atoms. The summed E-state index contributed by atoms with van der Waals surface area (Å²) >= 11 is 0. The Labute approximate surface area is 163 Å². The lowest BCUT2D eigenvalue weighted by Gasteiger charge is -2.24. The van der Waals surface area contributed by atoms with Crippen molar-refractivity contribution in [3.63, 3.8) is 0 Å². The number of pyridine rings is 1. The summed E-state index contributed by atoms with van der Waals surface area (Å²) in [5.41, 5.74) is 5.81. The minimum atomic E-state index is 0.139. The van der Waals surface area contributed by atoms with Crippen molar-refractivity contribution in [3.8, 4) is 6.07 Å². The number of rotatable bonds is 7. The highest BCUT2D eigenvalue weighted by Gasteiger charge is 2.20. The first-order chi connectivity index (χ1) is 13.0. The van der Waals surface area contributed by atoms with Gasteiger partial charge in [-0.3, -0.25) is 4.98 Å². The first-order valence-electron chi connectivity index (χ1n) is 9.55. The number of allylic oxidation sites excluding steroid dienone is 7. The summed E-state index contributed by atoms with van der Waals surface area (Å²) in [5.74, 6) is 6.46. The van der Waals surface area contributed by atoms with Gasteiger partial charge >= 0.3 is 0 Å². The smallest absolute Gasteiger partial charge is 0.0957 e. The molecule has 0 aliphatic heterocycles. The second kappa shape index (κ2) is 9.34. The molecule has 0 fully saturated rings. The minimum absolute atomic E-state index is 0.139. The summed E-state index contributed by atoms with van der Waals surface area (Å²) in [7, 11) is 0. The molecule has 1 aliphatic rings. The van der Waals surface area contributed by atoms with Crippen LogP contribution >= 0.6 is 0 Å². The van der Waals surface area contributed by atoms with Gasteiger partial charge in [-0.1, -0.05) is 37.3 Å². The Morgan fingerprint density at radius 2 is 2.26 bits per heavy atom. The predicted octanol–water partition coefficient (Wildman–Crippen LogP) is 5.02. The Morgan fingerprint density at radius 1 is 1.52 bits per heavy atom. The van der Waals surface area contributed by atoms with Crippen molar-refractivity contribution in [2.75, 3.05) is 6.54 Å². The summed E-state index contributed by atoms with van der Waals surface area (Å²) in [4.78, 5) is 4.82. The lowest BCUT2D eigenvalue weighted by atomic mass is 9.87. The average molecular weight is 363 g/mol. The Balaban J connectivity index is 2.37. The number of nitrogens with zero attached hydrogens (tertiary/aromatic N) is 3. The number of nitrogens with two attached hydrogens (primary N) is 1. The number of nitriles is 1. The Bertz CT molecular complexity index is 823. The van der Waals surface area contributed by atoms with E-state index in [-0.39, 0.29) is 11.8 Å². The van der Waals surface area contributed by atoms with E-state index in [1.54, 1.807) is 5.01 Å². The zero-order valence-corrected chi connectivity index (χ0v) is 16.9. The van der Waals surface area contributed by atoms with Crippen LogP contribution in [0.15, 0.2) is 54.3 Å². The molecule has 0 amide bonds. The Hall–Kier alpha value is -2.64. The molecule has 4 heteroatoms. The lowest BCUT2D eigenvalue weighted by Crippen LogP contribution is -2.30. The molecule has 4 nitrogen and oxygen atoms in total. The van der Waals surface area contributed by atoms with Crippen LogP contribution in [0.4, 0.5) is 0 Å². The van der Waals surface area contributed by atoms with Crippen molar-refractivity contribution in [2.24, 2.45) is 11.8 Å². The van der Waals surface area contributed by atoms with Gasteiger partial charge in [0.1, 0.15) is 0 Å². The van der Waals surface area contributed by atoms with Gasteiger partial charge in [0.15, 0.2) is 0 Å². The molecule has 142 valence electrons. The molecule has 1 heterocycles. The fourth-order valence-corrected chi connectivity index (χ4v) is 3.52. The molecule has 2 atom stereocenters. The average Bonchev–Trinajstić information content (AvgIpc) is 2.68. The summed E-state index contributed by atoms with van der Waals surface area (Å²) < 4.78 is 0. The van der Waals surface area contributed by atoms with Gasteiger partial charge in [-0.05, 0) is 51.2 Å². The lowest BCUT2D eigenvalue weighted by molar-refractivity contribution is 0.360. The van der Waals surface area contributed by atoms with Crippen molar-refractivity contribution in [3.05, 3.63) is 71.2 Å². The van der Waals surface area contributed by atoms with Crippen LogP contribution in [0.1, 0.15) is 56.5 Å². The molecule has 0 saturated heterocycles. The van der Waals surface area contributed by atoms with E-state index in [1.165, 1.54) is 0 Å². The van der Waals surface area contributed by atoms with Gasteiger partial charge in [-0.2, -0.15) is 5.26 Å².